The van der Waals surface area contributed by atoms with Crippen molar-refractivity contribution in [3.05, 3.63) is 90.0 Å². The number of carbonyl (C=O) groups is 7. The molecule has 62 heavy (non-hydrogen) atoms. The molecule has 0 saturated carbocycles. The van der Waals surface area contributed by atoms with Crippen molar-refractivity contribution in [2.75, 3.05) is 28.4 Å². The summed E-state index contributed by atoms with van der Waals surface area (Å²) >= 11 is 0. The Morgan fingerprint density at radius 3 is 1.39 bits per heavy atom. The Bertz CT molecular complexity index is 2780. The van der Waals surface area contributed by atoms with Crippen LogP contribution in [-0.2, 0) is 39.4 Å². The van der Waals surface area contributed by atoms with Gasteiger partial charge in [0, 0.05) is 17.1 Å². The fourth-order valence-corrected chi connectivity index (χ4v) is 5.97. The van der Waals surface area contributed by atoms with Crippen LogP contribution in [0.15, 0.2) is 109 Å². The number of Topliss-reactive ketones (excluding diaryl/α,β-unsaturated/α-hetero) is 2. The van der Waals surface area contributed by atoms with Crippen LogP contribution in [0.25, 0.3) is 0 Å². The Morgan fingerprint density at radius 2 is 0.984 bits per heavy atom. The van der Waals surface area contributed by atoms with Gasteiger partial charge in [-0.3, -0.25) is 28.3 Å². The van der Waals surface area contributed by atoms with E-state index in [2.05, 4.69) is 41.7 Å². The number of hydrogen-bond donors (Lipinski definition) is 8. The van der Waals surface area contributed by atoms with Crippen molar-refractivity contribution < 1.29 is 74.5 Å². The molecule has 0 aliphatic rings. The van der Waals surface area contributed by atoms with Gasteiger partial charge in [-0.25, -0.2) is 14.4 Å². The van der Waals surface area contributed by atoms with Gasteiger partial charge >= 0.3 is 18.0 Å². The van der Waals surface area contributed by atoms with E-state index in [0.29, 0.717) is 0 Å². The molecule has 0 heterocycles. The molecule has 2 unspecified atom stereocenters. The van der Waals surface area contributed by atoms with E-state index in [9.17, 15) is 65.2 Å². The fraction of sp³-hybridized carbons (Fsp3) is 0.139. The first-order chi connectivity index (χ1) is 29.0. The number of nitrogens with zero attached hydrogens (tertiary/aromatic N) is 4. The molecular weight excluding hydrogens is 865 g/mol. The molecule has 4 aromatic carbocycles. The van der Waals surface area contributed by atoms with Crippen LogP contribution in [0.4, 0.5) is 38.9 Å². The van der Waals surface area contributed by atoms with Gasteiger partial charge in [0.2, 0.25) is 12.1 Å². The SMILES string of the molecule is COc1ccc(S(=O)(=O)O)cc1NC(=O)C(N=Nc1ccc(NC(=O)Nc2ccc(N=NC(C(C)=O)C(=O)Nc3ccc(S(=O)(=O)O)cc3)c(C(=O)O)c2)cc1C(=O)O)C(C)=O. The molecule has 8 N–H and O–H groups in total. The second kappa shape index (κ2) is 19.5. The van der Waals surface area contributed by atoms with Crippen LogP contribution in [0.3, 0.4) is 0 Å². The van der Waals surface area contributed by atoms with E-state index in [-0.39, 0.29) is 39.9 Å². The lowest BCUT2D eigenvalue weighted by atomic mass is 10.1. The fourth-order valence-electron chi connectivity index (χ4n) is 4.98. The highest BCUT2D eigenvalue weighted by molar-refractivity contribution is 7.86. The van der Waals surface area contributed by atoms with E-state index in [0.717, 1.165) is 80.6 Å². The molecular formula is C36H32N8O16S2. The van der Waals surface area contributed by atoms with Crippen molar-refractivity contribution in [3.63, 3.8) is 0 Å². The molecule has 4 amide bonds. The molecule has 0 aliphatic heterocycles. The molecule has 0 bridgehead atoms. The smallest absolute Gasteiger partial charge is 0.338 e. The predicted octanol–water partition coefficient (Wildman–Crippen LogP) is 4.59. The average Bonchev–Trinajstić information content (AvgIpc) is 3.17. The molecule has 2 atom stereocenters. The summed E-state index contributed by atoms with van der Waals surface area (Å²) in [6.45, 7) is 1.99. The summed E-state index contributed by atoms with van der Waals surface area (Å²) in [6.07, 6.45) is 0. The normalized spacial score (nSPS) is 12.5. The third-order valence-electron chi connectivity index (χ3n) is 7.94. The first-order valence-corrected chi connectivity index (χ1v) is 19.9. The Hall–Kier alpha value is -7.81. The molecule has 0 aliphatic carbocycles. The molecule has 0 radical (unpaired) electrons. The quantitative estimate of drug-likeness (QED) is 0.0408. The van der Waals surface area contributed by atoms with Gasteiger partial charge in [0.05, 0.1) is 45.1 Å². The highest BCUT2D eigenvalue weighted by atomic mass is 32.2. The molecule has 0 spiro atoms. The number of carboxylic acids is 2. The molecule has 4 rings (SSSR count). The molecule has 0 aromatic heterocycles. The zero-order chi connectivity index (χ0) is 46.1. The van der Waals surface area contributed by atoms with Crippen molar-refractivity contribution in [2.45, 2.75) is 35.7 Å². The third kappa shape index (κ3) is 12.4. The summed E-state index contributed by atoms with van der Waals surface area (Å²) in [7, 11) is -8.01. The number of azo groups is 2. The molecule has 0 fully saturated rings. The average molecular weight is 897 g/mol. The third-order valence-corrected chi connectivity index (χ3v) is 9.66. The van der Waals surface area contributed by atoms with Crippen molar-refractivity contribution in [1.29, 1.82) is 0 Å². The predicted molar refractivity (Wildman–Crippen MR) is 214 cm³/mol. The topological polar surface area (TPSA) is 375 Å². The summed E-state index contributed by atoms with van der Waals surface area (Å²) < 4.78 is 69.2. The first-order valence-electron chi connectivity index (χ1n) is 17.0. The standard InChI is InChI=1S/C36H32N8O16S2/c1-17(45)30(32(47)37-19-4-8-22(9-5-19)61(54,55)56)43-41-26-11-6-20(14-24(26)34(49)50)38-36(53)39-21-7-12-27(25(15-21)35(51)52)42-44-31(18(2)46)33(48)40-28-16-23(62(57,58)59)10-13-29(28)60-3/h4-16,30-31H,1-3H3,(H,37,47)(H,40,48)(H,49,50)(H,51,52)(H2,38,39,53)(H,54,55,56)(H,57,58,59). The number of methoxy groups -OCH3 is 1. The lowest BCUT2D eigenvalue weighted by Crippen LogP contribution is -2.32. The maximum absolute atomic E-state index is 13.0. The number of rotatable bonds is 17. The zero-order valence-corrected chi connectivity index (χ0v) is 33.6. The van der Waals surface area contributed by atoms with Crippen LogP contribution in [0.1, 0.15) is 34.6 Å². The number of benzene rings is 4. The largest absolute Gasteiger partial charge is 0.495 e. The molecule has 24 nitrogen and oxygen atoms in total. The number of anilines is 4. The van der Waals surface area contributed by atoms with E-state index in [4.69, 9.17) is 9.29 Å². The van der Waals surface area contributed by atoms with Crippen LogP contribution < -0.4 is 26.0 Å². The summed E-state index contributed by atoms with van der Waals surface area (Å²) in [5.41, 5.74) is -2.29. The minimum absolute atomic E-state index is 0.0271. The van der Waals surface area contributed by atoms with Crippen molar-refractivity contribution in [1.82, 2.24) is 0 Å². The second-order valence-electron chi connectivity index (χ2n) is 12.4. The van der Waals surface area contributed by atoms with Crippen LogP contribution in [0.2, 0.25) is 0 Å². The van der Waals surface area contributed by atoms with E-state index in [1.807, 2.05) is 0 Å². The number of carbonyl (C=O) groups excluding carboxylic acids is 5. The Labute approximate surface area is 349 Å². The van der Waals surface area contributed by atoms with Gasteiger partial charge in [-0.1, -0.05) is 0 Å². The maximum Gasteiger partial charge on any atom is 0.338 e. The zero-order valence-electron chi connectivity index (χ0n) is 32.0. The first kappa shape index (κ1) is 46.9. The number of ether oxygens (including phenoxy) is 1. The van der Waals surface area contributed by atoms with Crippen LogP contribution in [0.5, 0.6) is 5.75 Å². The van der Waals surface area contributed by atoms with Gasteiger partial charge in [-0.2, -0.15) is 37.3 Å². The van der Waals surface area contributed by atoms with Gasteiger partial charge < -0.3 is 36.2 Å². The van der Waals surface area contributed by atoms with E-state index >= 15 is 0 Å². The minimum atomic E-state index is -4.70. The van der Waals surface area contributed by atoms with Crippen LogP contribution in [-0.4, -0.2) is 96.7 Å². The number of nitrogens with one attached hydrogen (secondary N) is 4. The molecule has 4 aromatic rings. The van der Waals surface area contributed by atoms with Crippen molar-refractivity contribution in [3.8, 4) is 5.75 Å². The van der Waals surface area contributed by atoms with Gasteiger partial charge in [-0.05, 0) is 92.7 Å². The number of aromatic carboxylic acids is 2. The number of urea groups is 1. The van der Waals surface area contributed by atoms with E-state index < -0.39 is 94.6 Å². The van der Waals surface area contributed by atoms with Crippen LogP contribution >= 0.6 is 0 Å². The number of ketones is 2. The van der Waals surface area contributed by atoms with Gasteiger partial charge in [-0.15, -0.1) is 0 Å². The molecule has 26 heteroatoms. The molecule has 0 saturated heterocycles. The van der Waals surface area contributed by atoms with Gasteiger partial charge in [0.1, 0.15) is 5.75 Å². The van der Waals surface area contributed by atoms with Gasteiger partial charge in [0.15, 0.2) is 11.6 Å². The number of amides is 4. The highest BCUT2D eigenvalue weighted by Crippen LogP contribution is 2.29. The lowest BCUT2D eigenvalue weighted by Gasteiger charge is -2.13. The monoisotopic (exact) mass is 896 g/mol. The lowest BCUT2D eigenvalue weighted by molar-refractivity contribution is -0.127. The summed E-state index contributed by atoms with van der Waals surface area (Å²) in [5, 5.41) is 43.7. The second-order valence-corrected chi connectivity index (χ2v) is 15.3. The Kier molecular flexibility index (Phi) is 14.7. The summed E-state index contributed by atoms with van der Waals surface area (Å²) in [6, 6.07) is 9.01. The summed E-state index contributed by atoms with van der Waals surface area (Å²) in [4.78, 5) is 86.4. The summed E-state index contributed by atoms with van der Waals surface area (Å²) in [5.74, 6) is -6.99. The Balaban J connectivity index is 1.48. The molecule has 324 valence electrons. The van der Waals surface area contributed by atoms with Crippen molar-refractivity contribution in [2.24, 2.45) is 20.5 Å². The maximum atomic E-state index is 13.0. The van der Waals surface area contributed by atoms with E-state index in [1.54, 1.807) is 0 Å². The highest BCUT2D eigenvalue weighted by Gasteiger charge is 2.27. The van der Waals surface area contributed by atoms with E-state index in [1.165, 1.54) is 19.2 Å². The number of carboxylic acid groups (broad SMARTS) is 2. The number of hydrogen-bond acceptors (Lipinski definition) is 16. The van der Waals surface area contributed by atoms with Crippen LogP contribution in [0, 0.1) is 0 Å². The van der Waals surface area contributed by atoms with Crippen molar-refractivity contribution >= 4 is 95.7 Å². The van der Waals surface area contributed by atoms with Gasteiger partial charge in [0.25, 0.3) is 32.1 Å². The minimum Gasteiger partial charge on any atom is -0.495 e. The Morgan fingerprint density at radius 1 is 0.565 bits per heavy atom.